The summed E-state index contributed by atoms with van der Waals surface area (Å²) in [5.74, 6) is -1.34. The average molecular weight is 261 g/mol. The Balaban J connectivity index is 2.51. The molecule has 100 valence electrons. The maximum absolute atomic E-state index is 11.7. The number of aryl methyl sites for hydroxylation is 1. The molecule has 0 aliphatic heterocycles. The van der Waals surface area contributed by atoms with Crippen LogP contribution in [0.3, 0.4) is 0 Å². The second kappa shape index (κ2) is 7.10. The van der Waals surface area contributed by atoms with Crippen LogP contribution >= 0.6 is 0 Å². The van der Waals surface area contributed by atoms with Gasteiger partial charge in [0.25, 0.3) is 0 Å². The molecule has 0 heterocycles. The van der Waals surface area contributed by atoms with Crippen LogP contribution in [0.5, 0.6) is 0 Å². The molecule has 5 heteroatoms. The van der Waals surface area contributed by atoms with Crippen LogP contribution in [0.4, 0.5) is 0 Å². The molecule has 1 aromatic carbocycles. The molecule has 0 fully saturated rings. The Morgan fingerprint density at radius 2 is 1.79 bits per heavy atom. The number of rotatable bonds is 5. The third-order valence-electron chi connectivity index (χ3n) is 2.36. The van der Waals surface area contributed by atoms with Gasteiger partial charge < -0.3 is 10.1 Å². The van der Waals surface area contributed by atoms with E-state index in [0.717, 1.165) is 17.7 Å². The van der Waals surface area contributed by atoms with Crippen molar-refractivity contribution >= 4 is 17.7 Å². The number of esters is 1. The van der Waals surface area contributed by atoms with E-state index in [1.165, 1.54) is 7.11 Å². The van der Waals surface area contributed by atoms with E-state index in [2.05, 4.69) is 10.1 Å². The zero-order valence-electron chi connectivity index (χ0n) is 10.8. The van der Waals surface area contributed by atoms with Crippen LogP contribution in [0, 0.1) is 6.92 Å². The van der Waals surface area contributed by atoms with Crippen molar-refractivity contribution in [1.29, 1.82) is 0 Å². The van der Waals surface area contributed by atoms with E-state index >= 15 is 0 Å². The molecule has 0 saturated carbocycles. The molecule has 1 aromatic rings. The van der Waals surface area contributed by atoms with Crippen molar-refractivity contribution < 1.29 is 19.1 Å². The highest BCUT2D eigenvalue weighted by atomic mass is 16.5. The molecule has 0 radical (unpaired) electrons. The summed E-state index contributed by atoms with van der Waals surface area (Å²) in [5.41, 5.74) is 1.55. The molecule has 1 N–H and O–H groups in total. The number of ether oxygens (including phenoxy) is 1. The topological polar surface area (TPSA) is 72.5 Å². The van der Waals surface area contributed by atoms with Crippen LogP contribution in [-0.4, -0.2) is 31.3 Å². The molecule has 5 nitrogen and oxygen atoms in total. The van der Waals surface area contributed by atoms with E-state index in [1.54, 1.807) is 12.1 Å². The monoisotopic (exact) mass is 261 g/mol. The van der Waals surface area contributed by atoms with Crippen molar-refractivity contribution in [3.8, 4) is 0 Å². The fourth-order valence-electron chi connectivity index (χ4n) is 1.26. The molecule has 0 unspecified atom stereocenters. The number of benzene rings is 1. The minimum Gasteiger partial charge on any atom is -0.468 e. The Morgan fingerprint density at radius 1 is 1.16 bits per heavy atom. The normalized spacial score (nSPS) is 10.2. The number of hydrogen-bond acceptors (Lipinski definition) is 4. The summed E-state index contributed by atoms with van der Waals surface area (Å²) >= 11 is 0. The largest absolute Gasteiger partial charge is 0.468 e. The Hall–Kier alpha value is -2.43. The summed E-state index contributed by atoms with van der Waals surface area (Å²) in [6, 6.07) is 7.01. The Morgan fingerprint density at radius 3 is 2.37 bits per heavy atom. The van der Waals surface area contributed by atoms with Gasteiger partial charge in [-0.15, -0.1) is 0 Å². The first kappa shape index (κ1) is 14.6. The number of nitrogens with one attached hydrogen (secondary N) is 1. The Labute approximate surface area is 111 Å². The number of allylic oxidation sites excluding steroid dienone is 1. The van der Waals surface area contributed by atoms with Gasteiger partial charge in [0.1, 0.15) is 6.54 Å². The van der Waals surface area contributed by atoms with Gasteiger partial charge >= 0.3 is 5.97 Å². The maximum atomic E-state index is 11.7. The molecule has 0 atom stereocenters. The highest BCUT2D eigenvalue weighted by Gasteiger charge is 2.04. The van der Waals surface area contributed by atoms with Gasteiger partial charge in [-0.2, -0.15) is 0 Å². The average Bonchev–Trinajstić information content (AvgIpc) is 2.42. The Kier molecular flexibility index (Phi) is 5.47. The smallest absolute Gasteiger partial charge is 0.325 e. The summed E-state index contributed by atoms with van der Waals surface area (Å²) in [6.07, 6.45) is 2.25. The third kappa shape index (κ3) is 5.16. The standard InChI is InChI=1S/C14H15NO4/c1-10-3-5-11(6-4-10)12(16)7-8-13(17)15-9-14(18)19-2/h3-8H,9H2,1-2H3,(H,15,17)/b8-7+. The third-order valence-corrected chi connectivity index (χ3v) is 2.36. The van der Waals surface area contributed by atoms with E-state index in [0.29, 0.717) is 5.56 Å². The lowest BCUT2D eigenvalue weighted by molar-refractivity contribution is -0.140. The summed E-state index contributed by atoms with van der Waals surface area (Å²) in [7, 11) is 1.23. The first-order valence-corrected chi connectivity index (χ1v) is 5.66. The molecule has 0 aromatic heterocycles. The lowest BCUT2D eigenvalue weighted by Crippen LogP contribution is -2.28. The van der Waals surface area contributed by atoms with E-state index in [-0.39, 0.29) is 12.3 Å². The molecule has 19 heavy (non-hydrogen) atoms. The highest BCUT2D eigenvalue weighted by Crippen LogP contribution is 2.04. The molecule has 0 bridgehead atoms. The molecule has 0 saturated heterocycles. The Bertz CT molecular complexity index is 503. The number of amides is 1. The fourth-order valence-corrected chi connectivity index (χ4v) is 1.26. The number of carbonyl (C=O) groups is 3. The lowest BCUT2D eigenvalue weighted by Gasteiger charge is -1.99. The molecular weight excluding hydrogens is 246 g/mol. The maximum Gasteiger partial charge on any atom is 0.325 e. The summed E-state index contributed by atoms with van der Waals surface area (Å²) in [5, 5.41) is 2.30. The quantitative estimate of drug-likeness (QED) is 0.488. The van der Waals surface area contributed by atoms with Crippen molar-refractivity contribution in [2.45, 2.75) is 6.92 Å². The number of carbonyl (C=O) groups excluding carboxylic acids is 3. The SMILES string of the molecule is COC(=O)CNC(=O)/C=C/C(=O)c1ccc(C)cc1. The van der Waals surface area contributed by atoms with Gasteiger partial charge in [-0.05, 0) is 13.0 Å². The summed E-state index contributed by atoms with van der Waals surface area (Å²) < 4.78 is 4.36. The number of ketones is 1. The first-order chi connectivity index (χ1) is 9.02. The fraction of sp³-hybridized carbons (Fsp3) is 0.214. The lowest BCUT2D eigenvalue weighted by atomic mass is 10.1. The molecular formula is C14H15NO4. The zero-order valence-corrected chi connectivity index (χ0v) is 10.8. The van der Waals surface area contributed by atoms with Crippen LogP contribution in [0.1, 0.15) is 15.9 Å². The van der Waals surface area contributed by atoms with Gasteiger partial charge in [-0.25, -0.2) is 0 Å². The van der Waals surface area contributed by atoms with Gasteiger partial charge in [0.2, 0.25) is 5.91 Å². The number of methoxy groups -OCH3 is 1. The van der Waals surface area contributed by atoms with E-state index < -0.39 is 11.9 Å². The zero-order chi connectivity index (χ0) is 14.3. The van der Waals surface area contributed by atoms with Crippen LogP contribution in [0.25, 0.3) is 0 Å². The van der Waals surface area contributed by atoms with Crippen LogP contribution in [0.2, 0.25) is 0 Å². The van der Waals surface area contributed by atoms with Gasteiger partial charge in [-0.3, -0.25) is 14.4 Å². The van der Waals surface area contributed by atoms with Crippen molar-refractivity contribution in [1.82, 2.24) is 5.32 Å². The van der Waals surface area contributed by atoms with Gasteiger partial charge in [0.15, 0.2) is 5.78 Å². The van der Waals surface area contributed by atoms with Gasteiger partial charge in [0.05, 0.1) is 7.11 Å². The van der Waals surface area contributed by atoms with Crippen LogP contribution in [-0.2, 0) is 14.3 Å². The van der Waals surface area contributed by atoms with E-state index in [1.807, 2.05) is 19.1 Å². The molecule has 0 spiro atoms. The van der Waals surface area contributed by atoms with Crippen molar-refractivity contribution in [2.24, 2.45) is 0 Å². The van der Waals surface area contributed by atoms with Gasteiger partial charge in [0, 0.05) is 11.6 Å². The number of hydrogen-bond donors (Lipinski definition) is 1. The highest BCUT2D eigenvalue weighted by molar-refractivity contribution is 6.07. The van der Waals surface area contributed by atoms with Crippen molar-refractivity contribution in [3.05, 3.63) is 47.5 Å². The summed E-state index contributed by atoms with van der Waals surface area (Å²) in [4.78, 5) is 33.8. The van der Waals surface area contributed by atoms with Crippen molar-refractivity contribution in [2.75, 3.05) is 13.7 Å². The predicted octanol–water partition coefficient (Wildman–Crippen LogP) is 1.02. The van der Waals surface area contributed by atoms with Gasteiger partial charge in [-0.1, -0.05) is 29.8 Å². The second-order valence-electron chi connectivity index (χ2n) is 3.86. The van der Waals surface area contributed by atoms with Crippen LogP contribution in [0.15, 0.2) is 36.4 Å². The summed E-state index contributed by atoms with van der Waals surface area (Å²) in [6.45, 7) is 1.70. The van der Waals surface area contributed by atoms with Crippen LogP contribution < -0.4 is 5.32 Å². The molecule has 1 rings (SSSR count). The van der Waals surface area contributed by atoms with E-state index in [4.69, 9.17) is 0 Å². The minimum atomic E-state index is -0.549. The first-order valence-electron chi connectivity index (χ1n) is 5.66. The molecule has 0 aliphatic carbocycles. The predicted molar refractivity (Wildman–Crippen MR) is 69.7 cm³/mol. The van der Waals surface area contributed by atoms with E-state index in [9.17, 15) is 14.4 Å². The molecule has 1 amide bonds. The van der Waals surface area contributed by atoms with Crippen molar-refractivity contribution in [3.63, 3.8) is 0 Å². The minimum absolute atomic E-state index is 0.224. The molecule has 0 aliphatic rings. The second-order valence-corrected chi connectivity index (χ2v) is 3.86.